The monoisotopic (exact) mass is 357 g/mol. The lowest BCUT2D eigenvalue weighted by atomic mass is 10.1. The van der Waals surface area contributed by atoms with E-state index in [4.69, 9.17) is 4.74 Å². The molecule has 0 radical (unpaired) electrons. The fourth-order valence-electron chi connectivity index (χ4n) is 3.09. The van der Waals surface area contributed by atoms with E-state index in [2.05, 4.69) is 12.1 Å². The van der Waals surface area contributed by atoms with E-state index in [1.54, 1.807) is 31.4 Å². The summed E-state index contributed by atoms with van der Waals surface area (Å²) in [7, 11) is 1.55. The molecule has 25 heavy (non-hydrogen) atoms. The van der Waals surface area contributed by atoms with E-state index < -0.39 is 6.10 Å². The minimum absolute atomic E-state index is 0.000371. The van der Waals surface area contributed by atoms with Crippen LogP contribution >= 0.6 is 11.8 Å². The highest BCUT2D eigenvalue weighted by molar-refractivity contribution is 7.99. The van der Waals surface area contributed by atoms with Gasteiger partial charge in [-0.3, -0.25) is 4.79 Å². The lowest BCUT2D eigenvalue weighted by Gasteiger charge is -2.23. The van der Waals surface area contributed by atoms with Gasteiger partial charge in [-0.15, -0.1) is 11.8 Å². The molecule has 2 unspecified atom stereocenters. The van der Waals surface area contributed by atoms with Crippen molar-refractivity contribution in [3.8, 4) is 5.75 Å². The number of aromatic hydroxyl groups is 1. The zero-order chi connectivity index (χ0) is 17.6. The third-order valence-corrected chi connectivity index (χ3v) is 5.73. The molecule has 2 atom stereocenters. The van der Waals surface area contributed by atoms with Gasteiger partial charge in [0, 0.05) is 30.8 Å². The molecule has 1 heterocycles. The fourth-order valence-corrected chi connectivity index (χ4v) is 4.14. The maximum Gasteiger partial charge on any atom is 0.256 e. The average molecular weight is 357 g/mol. The molecule has 1 aliphatic rings. The maximum atomic E-state index is 12.8. The molecule has 1 saturated heterocycles. The van der Waals surface area contributed by atoms with Crippen LogP contribution in [0.5, 0.6) is 5.75 Å². The zero-order valence-corrected chi connectivity index (χ0v) is 15.1. The predicted molar refractivity (Wildman–Crippen MR) is 99.7 cm³/mol. The van der Waals surface area contributed by atoms with Crippen LogP contribution in [0, 0.1) is 5.92 Å². The van der Waals surface area contributed by atoms with Crippen LogP contribution in [0.4, 0.5) is 0 Å². The first kappa shape index (κ1) is 17.8. The van der Waals surface area contributed by atoms with Crippen molar-refractivity contribution in [3.05, 3.63) is 60.2 Å². The highest BCUT2D eigenvalue weighted by Gasteiger charge is 2.31. The number of methoxy groups -OCH3 is 1. The number of carbonyl (C=O) groups excluding carboxylic acids is 1. The van der Waals surface area contributed by atoms with Crippen molar-refractivity contribution in [1.82, 2.24) is 4.90 Å². The van der Waals surface area contributed by atoms with Crippen molar-refractivity contribution in [2.24, 2.45) is 5.92 Å². The van der Waals surface area contributed by atoms with E-state index in [-0.39, 0.29) is 11.7 Å². The Morgan fingerprint density at radius 1 is 1.24 bits per heavy atom. The molecule has 132 valence electrons. The maximum absolute atomic E-state index is 12.8. The Kier molecular flexibility index (Phi) is 6.00. The van der Waals surface area contributed by atoms with Crippen LogP contribution in [0.25, 0.3) is 0 Å². The smallest absolute Gasteiger partial charge is 0.256 e. The summed E-state index contributed by atoms with van der Waals surface area (Å²) in [5.74, 6) is 1.71. The first-order valence-corrected chi connectivity index (χ1v) is 9.44. The highest BCUT2D eigenvalue weighted by atomic mass is 32.2. The molecule has 0 saturated carbocycles. The minimum atomic E-state index is -0.610. The first-order chi connectivity index (χ1) is 12.2. The Morgan fingerprint density at radius 3 is 2.64 bits per heavy atom. The van der Waals surface area contributed by atoms with Crippen LogP contribution in [0.3, 0.4) is 0 Å². The molecule has 1 aliphatic heterocycles. The number of benzene rings is 2. The summed E-state index contributed by atoms with van der Waals surface area (Å²) in [5, 5.41) is 9.41. The fraction of sp³-hybridized carbons (Fsp3) is 0.350. The van der Waals surface area contributed by atoms with Crippen molar-refractivity contribution < 1.29 is 14.6 Å². The van der Waals surface area contributed by atoms with E-state index in [1.165, 1.54) is 4.90 Å². The lowest BCUT2D eigenvalue weighted by Crippen LogP contribution is -2.34. The van der Waals surface area contributed by atoms with Gasteiger partial charge in [0.05, 0.1) is 0 Å². The summed E-state index contributed by atoms with van der Waals surface area (Å²) in [6, 6.07) is 17.0. The average Bonchev–Trinajstić information content (AvgIpc) is 3.12. The number of phenols is 1. The van der Waals surface area contributed by atoms with E-state index in [0.717, 1.165) is 30.8 Å². The molecule has 0 bridgehead atoms. The Bertz CT molecular complexity index is 690. The summed E-state index contributed by atoms with van der Waals surface area (Å²) >= 11 is 1.85. The van der Waals surface area contributed by atoms with Crippen LogP contribution in [0.2, 0.25) is 0 Å². The SMILES string of the molecule is COC(C(=O)N1CCC(CSc2ccccc2)C1)c1ccc(O)cc1. The molecule has 0 aliphatic carbocycles. The second kappa shape index (κ2) is 8.41. The molecule has 1 fully saturated rings. The number of ether oxygens (including phenoxy) is 1. The predicted octanol–water partition coefficient (Wildman–Crippen LogP) is 3.72. The molecule has 1 N–H and O–H groups in total. The van der Waals surface area contributed by atoms with E-state index in [9.17, 15) is 9.90 Å². The molecular weight excluding hydrogens is 334 g/mol. The number of thioether (sulfide) groups is 1. The summed E-state index contributed by atoms with van der Waals surface area (Å²) in [6.07, 6.45) is 0.415. The summed E-state index contributed by atoms with van der Waals surface area (Å²) in [6.45, 7) is 1.55. The topological polar surface area (TPSA) is 49.8 Å². The summed E-state index contributed by atoms with van der Waals surface area (Å²) < 4.78 is 5.44. The van der Waals surface area contributed by atoms with Gasteiger partial charge in [-0.25, -0.2) is 0 Å². The second-order valence-corrected chi connectivity index (χ2v) is 7.36. The largest absolute Gasteiger partial charge is 0.508 e. The highest BCUT2D eigenvalue weighted by Crippen LogP contribution is 2.29. The zero-order valence-electron chi connectivity index (χ0n) is 14.3. The van der Waals surface area contributed by atoms with E-state index in [1.807, 2.05) is 34.9 Å². The van der Waals surface area contributed by atoms with Gasteiger partial charge in [0.2, 0.25) is 0 Å². The van der Waals surface area contributed by atoms with Crippen LogP contribution in [0.1, 0.15) is 18.1 Å². The molecule has 3 rings (SSSR count). The number of rotatable bonds is 6. The van der Waals surface area contributed by atoms with Crippen molar-refractivity contribution in [1.29, 1.82) is 0 Å². The molecule has 0 spiro atoms. The Hall–Kier alpha value is -1.98. The standard InChI is InChI=1S/C20H23NO3S/c1-24-19(16-7-9-17(22)10-8-16)20(23)21-12-11-15(13-21)14-25-18-5-3-2-4-6-18/h2-10,15,19,22H,11-14H2,1H3. The number of carbonyl (C=O) groups is 1. The van der Waals surface area contributed by atoms with Gasteiger partial charge in [0.25, 0.3) is 5.91 Å². The lowest BCUT2D eigenvalue weighted by molar-refractivity contribution is -0.141. The van der Waals surface area contributed by atoms with Crippen molar-refractivity contribution in [2.45, 2.75) is 17.4 Å². The number of phenolic OH excluding ortho intramolecular Hbond substituents is 1. The van der Waals surface area contributed by atoms with Gasteiger partial charge in [0.15, 0.2) is 6.10 Å². The molecule has 1 amide bonds. The molecular formula is C20H23NO3S. The van der Waals surface area contributed by atoms with Gasteiger partial charge in [-0.05, 0) is 42.2 Å². The minimum Gasteiger partial charge on any atom is -0.508 e. The van der Waals surface area contributed by atoms with Gasteiger partial charge in [0.1, 0.15) is 5.75 Å². The van der Waals surface area contributed by atoms with E-state index in [0.29, 0.717) is 5.92 Å². The number of nitrogens with zero attached hydrogens (tertiary/aromatic N) is 1. The first-order valence-electron chi connectivity index (χ1n) is 8.45. The Labute approximate surface area is 152 Å². The molecule has 5 heteroatoms. The van der Waals surface area contributed by atoms with Crippen LogP contribution in [0.15, 0.2) is 59.5 Å². The quantitative estimate of drug-likeness (QED) is 0.801. The normalized spacial score (nSPS) is 18.3. The van der Waals surface area contributed by atoms with Gasteiger partial charge < -0.3 is 14.7 Å². The third kappa shape index (κ3) is 4.55. The third-order valence-electron chi connectivity index (χ3n) is 4.48. The van der Waals surface area contributed by atoms with Crippen molar-refractivity contribution in [2.75, 3.05) is 26.0 Å². The number of hydrogen-bond acceptors (Lipinski definition) is 4. The number of amides is 1. The molecule has 0 aromatic heterocycles. The van der Waals surface area contributed by atoms with Gasteiger partial charge in [-0.1, -0.05) is 30.3 Å². The van der Waals surface area contributed by atoms with E-state index >= 15 is 0 Å². The second-order valence-electron chi connectivity index (χ2n) is 6.27. The van der Waals surface area contributed by atoms with Crippen LogP contribution in [-0.2, 0) is 9.53 Å². The number of hydrogen-bond donors (Lipinski definition) is 1. The van der Waals surface area contributed by atoms with Crippen molar-refractivity contribution in [3.63, 3.8) is 0 Å². The molecule has 4 nitrogen and oxygen atoms in total. The molecule has 2 aromatic carbocycles. The Morgan fingerprint density at radius 2 is 1.96 bits per heavy atom. The Balaban J connectivity index is 1.56. The van der Waals surface area contributed by atoms with Gasteiger partial charge >= 0.3 is 0 Å². The number of likely N-dealkylation sites (tertiary alicyclic amines) is 1. The summed E-state index contributed by atoms with van der Waals surface area (Å²) in [4.78, 5) is 16.0. The van der Waals surface area contributed by atoms with Crippen LogP contribution < -0.4 is 0 Å². The van der Waals surface area contributed by atoms with Crippen LogP contribution in [-0.4, -0.2) is 41.9 Å². The summed E-state index contributed by atoms with van der Waals surface area (Å²) in [5.41, 5.74) is 0.771. The van der Waals surface area contributed by atoms with Gasteiger partial charge in [-0.2, -0.15) is 0 Å². The molecule has 2 aromatic rings. The van der Waals surface area contributed by atoms with Crippen molar-refractivity contribution >= 4 is 17.7 Å².